The SMILES string of the molecule is O=C(O)C1CCCCC1C1CC1c1ccccc1. The van der Waals surface area contributed by atoms with Crippen LogP contribution in [0.2, 0.25) is 0 Å². The summed E-state index contributed by atoms with van der Waals surface area (Å²) in [5, 5.41) is 9.34. The minimum atomic E-state index is -0.571. The van der Waals surface area contributed by atoms with E-state index in [4.69, 9.17) is 0 Å². The van der Waals surface area contributed by atoms with Gasteiger partial charge in [-0.25, -0.2) is 0 Å². The van der Waals surface area contributed by atoms with Crippen LogP contribution in [-0.2, 0) is 4.79 Å². The van der Waals surface area contributed by atoms with E-state index < -0.39 is 5.97 Å². The first-order valence-electron chi connectivity index (χ1n) is 7.05. The van der Waals surface area contributed by atoms with Gasteiger partial charge in [0.1, 0.15) is 0 Å². The van der Waals surface area contributed by atoms with E-state index >= 15 is 0 Å². The van der Waals surface area contributed by atoms with Crippen LogP contribution in [0.5, 0.6) is 0 Å². The minimum absolute atomic E-state index is 0.0857. The molecule has 1 N–H and O–H groups in total. The van der Waals surface area contributed by atoms with Crippen molar-refractivity contribution in [1.82, 2.24) is 0 Å². The standard InChI is InChI=1S/C16H20O2/c17-16(18)13-9-5-4-8-12(13)15-10-14(15)11-6-2-1-3-7-11/h1-3,6-7,12-15H,4-5,8-10H2,(H,17,18). The van der Waals surface area contributed by atoms with E-state index in [9.17, 15) is 9.90 Å². The van der Waals surface area contributed by atoms with Crippen LogP contribution in [0.25, 0.3) is 0 Å². The first kappa shape index (κ1) is 11.8. The molecule has 2 saturated carbocycles. The van der Waals surface area contributed by atoms with Gasteiger partial charge in [-0.3, -0.25) is 4.79 Å². The number of rotatable bonds is 3. The number of hydrogen-bond donors (Lipinski definition) is 1. The lowest BCUT2D eigenvalue weighted by molar-refractivity contribution is -0.145. The highest BCUT2D eigenvalue weighted by atomic mass is 16.4. The number of benzene rings is 1. The van der Waals surface area contributed by atoms with Crippen molar-refractivity contribution in [3.63, 3.8) is 0 Å². The van der Waals surface area contributed by atoms with Crippen molar-refractivity contribution in [2.24, 2.45) is 17.8 Å². The summed E-state index contributed by atoms with van der Waals surface area (Å²) in [5.41, 5.74) is 1.40. The van der Waals surface area contributed by atoms with Crippen LogP contribution in [0, 0.1) is 17.8 Å². The van der Waals surface area contributed by atoms with E-state index in [0.717, 1.165) is 19.3 Å². The highest BCUT2D eigenvalue weighted by Gasteiger charge is 2.48. The summed E-state index contributed by atoms with van der Waals surface area (Å²) >= 11 is 0. The molecule has 4 unspecified atom stereocenters. The lowest BCUT2D eigenvalue weighted by Gasteiger charge is -2.29. The topological polar surface area (TPSA) is 37.3 Å². The van der Waals surface area contributed by atoms with Crippen LogP contribution in [0.3, 0.4) is 0 Å². The van der Waals surface area contributed by atoms with Crippen molar-refractivity contribution in [3.05, 3.63) is 35.9 Å². The molecule has 2 nitrogen and oxygen atoms in total. The lowest BCUT2D eigenvalue weighted by Crippen LogP contribution is -2.28. The zero-order valence-corrected chi connectivity index (χ0v) is 10.6. The molecular weight excluding hydrogens is 224 g/mol. The van der Waals surface area contributed by atoms with Crippen LogP contribution >= 0.6 is 0 Å². The maximum absolute atomic E-state index is 11.3. The van der Waals surface area contributed by atoms with Crippen molar-refractivity contribution in [3.8, 4) is 0 Å². The zero-order valence-electron chi connectivity index (χ0n) is 10.6. The largest absolute Gasteiger partial charge is 0.481 e. The summed E-state index contributed by atoms with van der Waals surface area (Å²) in [6.45, 7) is 0. The fourth-order valence-corrected chi connectivity index (χ4v) is 3.75. The summed E-state index contributed by atoms with van der Waals surface area (Å²) in [7, 11) is 0. The third-order valence-electron chi connectivity index (χ3n) is 4.75. The van der Waals surface area contributed by atoms with Gasteiger partial charge < -0.3 is 5.11 Å². The molecule has 2 aliphatic rings. The number of hydrogen-bond acceptors (Lipinski definition) is 1. The Balaban J connectivity index is 1.71. The van der Waals surface area contributed by atoms with Gasteiger partial charge in [-0.2, -0.15) is 0 Å². The summed E-state index contributed by atoms with van der Waals surface area (Å²) < 4.78 is 0. The highest BCUT2D eigenvalue weighted by molar-refractivity contribution is 5.70. The van der Waals surface area contributed by atoms with Gasteiger partial charge in [0, 0.05) is 0 Å². The molecule has 18 heavy (non-hydrogen) atoms. The van der Waals surface area contributed by atoms with E-state index in [0.29, 0.717) is 17.8 Å². The third kappa shape index (κ3) is 2.16. The van der Waals surface area contributed by atoms with E-state index in [1.165, 1.54) is 18.4 Å². The average Bonchev–Trinajstić information content (AvgIpc) is 3.20. The van der Waals surface area contributed by atoms with Gasteiger partial charge in [-0.05, 0) is 42.6 Å². The maximum Gasteiger partial charge on any atom is 0.306 e. The monoisotopic (exact) mass is 244 g/mol. The minimum Gasteiger partial charge on any atom is -0.481 e. The molecule has 0 spiro atoms. The molecule has 0 aromatic heterocycles. The van der Waals surface area contributed by atoms with Gasteiger partial charge in [-0.15, -0.1) is 0 Å². The number of carboxylic acids is 1. The van der Waals surface area contributed by atoms with Crippen molar-refractivity contribution in [2.45, 2.75) is 38.0 Å². The predicted molar refractivity (Wildman–Crippen MR) is 70.4 cm³/mol. The number of carbonyl (C=O) groups is 1. The molecule has 1 aromatic carbocycles. The lowest BCUT2D eigenvalue weighted by atomic mass is 9.75. The van der Waals surface area contributed by atoms with Gasteiger partial charge in [0.2, 0.25) is 0 Å². The summed E-state index contributed by atoms with van der Waals surface area (Å²) in [5.74, 6) is 1.00. The van der Waals surface area contributed by atoms with Gasteiger partial charge in [0.25, 0.3) is 0 Å². The normalized spacial score (nSPS) is 35.1. The second-order valence-corrected chi connectivity index (χ2v) is 5.81. The van der Waals surface area contributed by atoms with Gasteiger partial charge in [0.15, 0.2) is 0 Å². The van der Waals surface area contributed by atoms with Crippen LogP contribution < -0.4 is 0 Å². The number of carboxylic acid groups (broad SMARTS) is 1. The summed E-state index contributed by atoms with van der Waals surface area (Å²) in [6, 6.07) is 10.6. The van der Waals surface area contributed by atoms with Gasteiger partial charge in [0.05, 0.1) is 5.92 Å². The molecule has 96 valence electrons. The molecule has 0 saturated heterocycles. The zero-order chi connectivity index (χ0) is 12.5. The smallest absolute Gasteiger partial charge is 0.306 e. The Morgan fingerprint density at radius 1 is 1.06 bits per heavy atom. The maximum atomic E-state index is 11.3. The van der Waals surface area contributed by atoms with Crippen molar-refractivity contribution < 1.29 is 9.90 Å². The molecule has 0 heterocycles. The van der Waals surface area contributed by atoms with Crippen molar-refractivity contribution in [1.29, 1.82) is 0 Å². The van der Waals surface area contributed by atoms with Crippen LogP contribution in [0.1, 0.15) is 43.6 Å². The fourth-order valence-electron chi connectivity index (χ4n) is 3.75. The van der Waals surface area contributed by atoms with E-state index in [1.807, 2.05) is 6.07 Å². The van der Waals surface area contributed by atoms with Crippen molar-refractivity contribution in [2.75, 3.05) is 0 Å². The van der Waals surface area contributed by atoms with E-state index in [1.54, 1.807) is 0 Å². The second kappa shape index (κ2) is 4.75. The molecule has 0 aliphatic heterocycles. The van der Waals surface area contributed by atoms with Gasteiger partial charge in [-0.1, -0.05) is 43.2 Å². The Bertz CT molecular complexity index is 426. The highest BCUT2D eigenvalue weighted by Crippen LogP contribution is 2.56. The molecule has 1 aromatic rings. The summed E-state index contributed by atoms with van der Waals surface area (Å²) in [6.07, 6.45) is 5.50. The van der Waals surface area contributed by atoms with Crippen LogP contribution in [0.4, 0.5) is 0 Å². The molecule has 3 rings (SSSR count). The van der Waals surface area contributed by atoms with E-state index in [2.05, 4.69) is 24.3 Å². The molecule has 0 radical (unpaired) electrons. The Morgan fingerprint density at radius 2 is 1.78 bits per heavy atom. The Hall–Kier alpha value is -1.31. The molecule has 0 amide bonds. The van der Waals surface area contributed by atoms with Crippen molar-refractivity contribution >= 4 is 5.97 Å². The average molecular weight is 244 g/mol. The molecule has 2 heteroatoms. The molecule has 2 fully saturated rings. The molecule has 0 bridgehead atoms. The van der Waals surface area contributed by atoms with Crippen LogP contribution in [-0.4, -0.2) is 11.1 Å². The number of aliphatic carboxylic acids is 1. The predicted octanol–water partition coefficient (Wildman–Crippen LogP) is 3.68. The second-order valence-electron chi connectivity index (χ2n) is 5.81. The van der Waals surface area contributed by atoms with Crippen LogP contribution in [0.15, 0.2) is 30.3 Å². The first-order valence-corrected chi connectivity index (χ1v) is 7.05. The quantitative estimate of drug-likeness (QED) is 0.880. The molecule has 2 aliphatic carbocycles. The molecular formula is C16H20O2. The Morgan fingerprint density at radius 3 is 2.50 bits per heavy atom. The third-order valence-corrected chi connectivity index (χ3v) is 4.75. The Kier molecular flexibility index (Phi) is 3.11. The first-order chi connectivity index (χ1) is 8.77. The van der Waals surface area contributed by atoms with Gasteiger partial charge >= 0.3 is 5.97 Å². The van der Waals surface area contributed by atoms with E-state index in [-0.39, 0.29) is 5.92 Å². The fraction of sp³-hybridized carbons (Fsp3) is 0.562. The molecule has 4 atom stereocenters. The Labute approximate surface area is 108 Å². The summed E-state index contributed by atoms with van der Waals surface area (Å²) in [4.78, 5) is 11.3.